The third-order valence-electron chi connectivity index (χ3n) is 5.04. The number of fused-ring (bicyclic) bond motifs is 1. The zero-order chi connectivity index (χ0) is 22.0. The van der Waals surface area contributed by atoms with Gasteiger partial charge < -0.3 is 10.2 Å². The number of amides is 1. The van der Waals surface area contributed by atoms with E-state index in [0.717, 1.165) is 16.0 Å². The molecule has 0 bridgehead atoms. The van der Waals surface area contributed by atoms with Crippen molar-refractivity contribution in [3.05, 3.63) is 74.4 Å². The quantitative estimate of drug-likeness (QED) is 0.436. The summed E-state index contributed by atoms with van der Waals surface area (Å²) in [6, 6.07) is 11.4. The first-order chi connectivity index (χ1) is 15.0. The lowest BCUT2D eigenvalue weighted by Crippen LogP contribution is -2.38. The van der Waals surface area contributed by atoms with Gasteiger partial charge >= 0.3 is 0 Å². The second-order valence-corrected chi connectivity index (χ2v) is 9.50. The summed E-state index contributed by atoms with van der Waals surface area (Å²) in [5.41, 5.74) is 1.60. The van der Waals surface area contributed by atoms with E-state index in [1.54, 1.807) is 11.3 Å². The molecule has 0 fully saturated rings. The average Bonchev–Trinajstić information content (AvgIpc) is 3.41. The summed E-state index contributed by atoms with van der Waals surface area (Å²) in [6.07, 6.45) is 1.44. The molecule has 1 aromatic carbocycles. The molecule has 3 heterocycles. The van der Waals surface area contributed by atoms with E-state index in [1.807, 2.05) is 66.2 Å². The summed E-state index contributed by atoms with van der Waals surface area (Å²) in [7, 11) is 3.87. The van der Waals surface area contributed by atoms with Crippen molar-refractivity contribution < 1.29 is 4.79 Å². The largest absolute Gasteiger partial charge is 0.353 e. The third-order valence-corrected chi connectivity index (χ3v) is 7.18. The van der Waals surface area contributed by atoms with Gasteiger partial charge in [-0.25, -0.2) is 4.98 Å². The molecule has 0 aliphatic carbocycles. The van der Waals surface area contributed by atoms with Gasteiger partial charge in [-0.05, 0) is 37.2 Å². The summed E-state index contributed by atoms with van der Waals surface area (Å²) in [6.45, 7) is 0.281. The van der Waals surface area contributed by atoms with Gasteiger partial charge in [0.15, 0.2) is 0 Å². The second-order valence-electron chi connectivity index (χ2n) is 7.29. The lowest BCUT2D eigenvalue weighted by molar-refractivity contribution is -0.121. The Morgan fingerprint density at radius 3 is 2.74 bits per heavy atom. The standard InChI is InChI=1S/C22H21ClN4O2S2/c1-26(2)17(14-6-3-4-7-16(14)23)10-24-19(28)11-27-13-25-21-20(22(27)29)15(12-31-21)18-8-5-9-30-18/h3-9,12-13,17H,10-11H2,1-2H3,(H,24,28). The molecule has 1 N–H and O–H groups in total. The van der Waals surface area contributed by atoms with E-state index < -0.39 is 0 Å². The maximum atomic E-state index is 13.1. The van der Waals surface area contributed by atoms with Gasteiger partial charge in [-0.3, -0.25) is 14.2 Å². The summed E-state index contributed by atoms with van der Waals surface area (Å²) in [4.78, 5) is 33.8. The van der Waals surface area contributed by atoms with Crippen LogP contribution in [0.5, 0.6) is 0 Å². The van der Waals surface area contributed by atoms with E-state index in [9.17, 15) is 9.59 Å². The van der Waals surface area contributed by atoms with Crippen LogP contribution in [0.4, 0.5) is 0 Å². The van der Waals surface area contributed by atoms with Crippen LogP contribution in [0.1, 0.15) is 11.6 Å². The Hall–Kier alpha value is -2.52. The van der Waals surface area contributed by atoms with E-state index in [-0.39, 0.29) is 24.1 Å². The van der Waals surface area contributed by atoms with Gasteiger partial charge in [0, 0.05) is 27.4 Å². The van der Waals surface area contributed by atoms with E-state index in [4.69, 9.17) is 11.6 Å². The highest BCUT2D eigenvalue weighted by Gasteiger charge is 2.19. The number of thiophene rings is 2. The van der Waals surface area contributed by atoms with Gasteiger partial charge in [0.25, 0.3) is 5.56 Å². The molecular weight excluding hydrogens is 452 g/mol. The zero-order valence-corrected chi connectivity index (χ0v) is 19.4. The number of hydrogen-bond donors (Lipinski definition) is 1. The molecule has 0 saturated heterocycles. The Morgan fingerprint density at radius 2 is 2.03 bits per heavy atom. The minimum atomic E-state index is -0.255. The van der Waals surface area contributed by atoms with Gasteiger partial charge in [0.1, 0.15) is 11.4 Å². The highest BCUT2D eigenvalue weighted by Crippen LogP contribution is 2.33. The number of nitrogens with one attached hydrogen (secondary N) is 1. The fraction of sp³-hybridized carbons (Fsp3) is 0.227. The van der Waals surface area contributed by atoms with Crippen molar-refractivity contribution in [2.45, 2.75) is 12.6 Å². The van der Waals surface area contributed by atoms with Crippen molar-refractivity contribution in [3.8, 4) is 10.4 Å². The molecule has 6 nitrogen and oxygen atoms in total. The normalized spacial score (nSPS) is 12.4. The zero-order valence-electron chi connectivity index (χ0n) is 17.0. The molecule has 0 saturated carbocycles. The van der Waals surface area contributed by atoms with Crippen LogP contribution in [0, 0.1) is 0 Å². The molecule has 1 amide bonds. The molecule has 0 aliphatic heterocycles. The van der Waals surface area contributed by atoms with Gasteiger partial charge in [-0.15, -0.1) is 22.7 Å². The summed E-state index contributed by atoms with van der Waals surface area (Å²) < 4.78 is 1.36. The maximum absolute atomic E-state index is 13.1. The van der Waals surface area contributed by atoms with Crippen LogP contribution in [-0.4, -0.2) is 41.0 Å². The lowest BCUT2D eigenvalue weighted by atomic mass is 10.1. The van der Waals surface area contributed by atoms with Crippen molar-refractivity contribution in [2.75, 3.05) is 20.6 Å². The number of hydrogen-bond acceptors (Lipinski definition) is 6. The smallest absolute Gasteiger partial charge is 0.263 e. The minimum Gasteiger partial charge on any atom is -0.353 e. The van der Waals surface area contributed by atoms with Gasteiger partial charge in [0.2, 0.25) is 5.91 Å². The van der Waals surface area contributed by atoms with Crippen LogP contribution in [0.15, 0.2) is 58.3 Å². The van der Waals surface area contributed by atoms with Crippen LogP contribution in [0.3, 0.4) is 0 Å². The van der Waals surface area contributed by atoms with E-state index in [0.29, 0.717) is 21.8 Å². The molecule has 0 spiro atoms. The van der Waals surface area contributed by atoms with E-state index >= 15 is 0 Å². The first-order valence-corrected chi connectivity index (χ1v) is 11.8. The lowest BCUT2D eigenvalue weighted by Gasteiger charge is -2.26. The highest BCUT2D eigenvalue weighted by molar-refractivity contribution is 7.18. The van der Waals surface area contributed by atoms with E-state index in [2.05, 4.69) is 10.3 Å². The number of benzene rings is 1. The van der Waals surface area contributed by atoms with Crippen molar-refractivity contribution in [2.24, 2.45) is 0 Å². The maximum Gasteiger partial charge on any atom is 0.263 e. The molecule has 160 valence electrons. The predicted molar refractivity (Wildman–Crippen MR) is 128 cm³/mol. The molecule has 3 aromatic heterocycles. The summed E-state index contributed by atoms with van der Waals surface area (Å²) in [5.74, 6) is -0.255. The Labute approximate surface area is 192 Å². The molecule has 31 heavy (non-hydrogen) atoms. The number of nitrogens with zero attached hydrogens (tertiary/aromatic N) is 3. The summed E-state index contributed by atoms with van der Waals surface area (Å²) >= 11 is 9.35. The number of aromatic nitrogens is 2. The average molecular weight is 473 g/mol. The molecule has 0 aliphatic rings. The molecular formula is C22H21ClN4O2S2. The van der Waals surface area contributed by atoms with E-state index in [1.165, 1.54) is 22.2 Å². The van der Waals surface area contributed by atoms with Crippen LogP contribution < -0.4 is 10.9 Å². The minimum absolute atomic E-state index is 0.0858. The first kappa shape index (κ1) is 21.7. The Morgan fingerprint density at radius 1 is 1.23 bits per heavy atom. The van der Waals surface area contributed by atoms with Crippen molar-refractivity contribution in [3.63, 3.8) is 0 Å². The molecule has 0 radical (unpaired) electrons. The molecule has 4 aromatic rings. The topological polar surface area (TPSA) is 67.2 Å². The van der Waals surface area contributed by atoms with Crippen LogP contribution in [-0.2, 0) is 11.3 Å². The van der Waals surface area contributed by atoms with Crippen molar-refractivity contribution >= 4 is 50.4 Å². The molecule has 1 unspecified atom stereocenters. The highest BCUT2D eigenvalue weighted by atomic mass is 35.5. The van der Waals surface area contributed by atoms with Gasteiger partial charge in [0.05, 0.1) is 17.8 Å². The second kappa shape index (κ2) is 9.32. The number of carbonyl (C=O) groups is 1. The summed E-state index contributed by atoms with van der Waals surface area (Å²) in [5, 5.41) is 8.06. The number of likely N-dealkylation sites (N-methyl/N-ethyl adjacent to an activating group) is 1. The van der Waals surface area contributed by atoms with Gasteiger partial charge in [-0.1, -0.05) is 35.9 Å². The number of carbonyl (C=O) groups excluding carboxylic acids is 1. The van der Waals surface area contributed by atoms with Crippen LogP contribution in [0.25, 0.3) is 20.7 Å². The monoisotopic (exact) mass is 472 g/mol. The third kappa shape index (κ3) is 4.57. The fourth-order valence-corrected chi connectivity index (χ4v) is 5.41. The van der Waals surface area contributed by atoms with Gasteiger partial charge in [-0.2, -0.15) is 0 Å². The fourth-order valence-electron chi connectivity index (χ4n) is 3.43. The molecule has 4 rings (SSSR count). The Kier molecular flexibility index (Phi) is 6.52. The SMILES string of the molecule is CN(C)C(CNC(=O)Cn1cnc2scc(-c3cccs3)c2c1=O)c1ccccc1Cl. The number of rotatable bonds is 7. The molecule has 1 atom stereocenters. The predicted octanol–water partition coefficient (Wildman–Crippen LogP) is 4.26. The van der Waals surface area contributed by atoms with Crippen LogP contribution in [0.2, 0.25) is 5.02 Å². The first-order valence-electron chi connectivity index (χ1n) is 9.63. The molecule has 9 heteroatoms. The Balaban J connectivity index is 1.52. The van der Waals surface area contributed by atoms with Crippen LogP contribution >= 0.6 is 34.3 Å². The Bertz CT molecular complexity index is 1260. The van der Waals surface area contributed by atoms with Crippen molar-refractivity contribution in [1.82, 2.24) is 19.8 Å². The van der Waals surface area contributed by atoms with Crippen molar-refractivity contribution in [1.29, 1.82) is 0 Å². The number of halogens is 1.